The van der Waals surface area contributed by atoms with Crippen molar-refractivity contribution in [1.29, 1.82) is 0 Å². The number of carbonyl (C=O) groups is 1. The minimum Gasteiger partial charge on any atom is -0.363 e. The minimum absolute atomic E-state index is 0.0933. The zero-order valence-corrected chi connectivity index (χ0v) is 13.4. The van der Waals surface area contributed by atoms with E-state index in [0.29, 0.717) is 5.69 Å². The molecule has 120 valence electrons. The van der Waals surface area contributed by atoms with Crippen LogP contribution in [0.25, 0.3) is 10.9 Å². The van der Waals surface area contributed by atoms with Crippen molar-refractivity contribution in [2.75, 3.05) is 10.6 Å². The quantitative estimate of drug-likeness (QED) is 0.700. The molecular weight excluding hydrogens is 300 g/mol. The third kappa shape index (κ3) is 3.41. The van der Waals surface area contributed by atoms with Crippen LogP contribution in [0, 0.1) is 0 Å². The van der Waals surface area contributed by atoms with Crippen molar-refractivity contribution in [2.24, 2.45) is 0 Å². The van der Waals surface area contributed by atoms with Gasteiger partial charge in [0.05, 0.1) is 5.52 Å². The van der Waals surface area contributed by atoms with E-state index in [1.807, 2.05) is 30.3 Å². The van der Waals surface area contributed by atoms with E-state index in [1.165, 1.54) is 18.0 Å². The second-order valence-electron chi connectivity index (χ2n) is 5.42. The van der Waals surface area contributed by atoms with E-state index in [0.717, 1.165) is 16.7 Å². The summed E-state index contributed by atoms with van der Waals surface area (Å²) in [4.78, 5) is 20.1. The van der Waals surface area contributed by atoms with Crippen LogP contribution in [0.5, 0.6) is 0 Å². The van der Waals surface area contributed by atoms with E-state index < -0.39 is 0 Å². The average molecular weight is 318 g/mol. The van der Waals surface area contributed by atoms with E-state index in [-0.39, 0.29) is 11.9 Å². The maximum atomic E-state index is 11.5. The number of anilines is 2. The van der Waals surface area contributed by atoms with Crippen LogP contribution in [-0.2, 0) is 4.79 Å². The van der Waals surface area contributed by atoms with Gasteiger partial charge in [0.2, 0.25) is 5.91 Å². The lowest BCUT2D eigenvalue weighted by atomic mass is 10.1. The largest absolute Gasteiger partial charge is 0.363 e. The molecule has 0 aliphatic rings. The van der Waals surface area contributed by atoms with Crippen LogP contribution in [0.3, 0.4) is 0 Å². The van der Waals surface area contributed by atoms with Crippen LogP contribution in [0.2, 0.25) is 0 Å². The van der Waals surface area contributed by atoms with E-state index in [9.17, 15) is 4.79 Å². The summed E-state index contributed by atoms with van der Waals surface area (Å²) >= 11 is 0. The van der Waals surface area contributed by atoms with Gasteiger partial charge in [0.25, 0.3) is 0 Å². The van der Waals surface area contributed by atoms with E-state index in [1.54, 1.807) is 6.07 Å². The number of fused-ring (bicyclic) bond motifs is 1. The number of hydrogen-bond donors (Lipinski definition) is 2. The first-order chi connectivity index (χ1) is 11.7. The molecule has 5 heteroatoms. The molecule has 0 aliphatic heterocycles. The summed E-state index contributed by atoms with van der Waals surface area (Å²) in [7, 11) is 0. The molecule has 0 radical (unpaired) electrons. The van der Waals surface area contributed by atoms with Crippen molar-refractivity contribution in [3.8, 4) is 0 Å². The summed E-state index contributed by atoms with van der Waals surface area (Å²) in [6, 6.07) is 15.8. The van der Waals surface area contributed by atoms with Gasteiger partial charge in [-0.1, -0.05) is 36.9 Å². The molecule has 0 fully saturated rings. The molecule has 0 bridgehead atoms. The Labute approximate surface area is 140 Å². The standard InChI is InChI=1S/C19H18N4O/c1-3-18(24)23-15-9-10-17-16(11-15)19(21-12-20-17)22-13(2)14-7-5-4-6-8-14/h3-13H,1H2,2H3,(H,23,24)(H,20,21,22)/t13-/m1/s1. The Bertz CT molecular complexity index is 877. The minimum atomic E-state index is -0.252. The van der Waals surface area contributed by atoms with Gasteiger partial charge in [0.15, 0.2) is 0 Å². The first-order valence-corrected chi connectivity index (χ1v) is 7.67. The van der Waals surface area contributed by atoms with Crippen molar-refractivity contribution in [1.82, 2.24) is 9.97 Å². The number of aromatic nitrogens is 2. The Kier molecular flexibility index (Phi) is 4.52. The second-order valence-corrected chi connectivity index (χ2v) is 5.42. The Balaban J connectivity index is 1.93. The molecule has 1 atom stereocenters. The molecule has 0 saturated carbocycles. The van der Waals surface area contributed by atoms with Gasteiger partial charge < -0.3 is 10.6 Å². The second kappa shape index (κ2) is 6.91. The number of nitrogens with one attached hydrogen (secondary N) is 2. The fourth-order valence-corrected chi connectivity index (χ4v) is 2.47. The van der Waals surface area contributed by atoms with Gasteiger partial charge in [-0.05, 0) is 36.8 Å². The van der Waals surface area contributed by atoms with Gasteiger partial charge in [-0.3, -0.25) is 4.79 Å². The molecule has 1 aromatic heterocycles. The van der Waals surface area contributed by atoms with Crippen molar-refractivity contribution in [2.45, 2.75) is 13.0 Å². The zero-order chi connectivity index (χ0) is 16.9. The third-order valence-corrected chi connectivity index (χ3v) is 3.74. The van der Waals surface area contributed by atoms with E-state index in [4.69, 9.17) is 0 Å². The monoisotopic (exact) mass is 318 g/mol. The number of nitrogens with zero attached hydrogens (tertiary/aromatic N) is 2. The fraction of sp³-hybridized carbons (Fsp3) is 0.105. The van der Waals surface area contributed by atoms with Gasteiger partial charge in [0.1, 0.15) is 12.1 Å². The summed E-state index contributed by atoms with van der Waals surface area (Å²) in [5.74, 6) is 0.476. The van der Waals surface area contributed by atoms with Crippen LogP contribution >= 0.6 is 0 Å². The first kappa shape index (κ1) is 15.7. The molecule has 2 N–H and O–H groups in total. The zero-order valence-electron chi connectivity index (χ0n) is 13.4. The van der Waals surface area contributed by atoms with E-state index in [2.05, 4.69) is 46.2 Å². The number of amides is 1. The van der Waals surface area contributed by atoms with Crippen molar-refractivity contribution >= 4 is 28.3 Å². The summed E-state index contributed by atoms with van der Waals surface area (Å²) in [6.07, 6.45) is 2.77. The Morgan fingerprint density at radius 2 is 1.96 bits per heavy atom. The van der Waals surface area contributed by atoms with Gasteiger partial charge in [-0.25, -0.2) is 9.97 Å². The molecule has 2 aromatic carbocycles. The third-order valence-electron chi connectivity index (χ3n) is 3.74. The summed E-state index contributed by atoms with van der Waals surface area (Å²) < 4.78 is 0. The molecule has 0 spiro atoms. The topological polar surface area (TPSA) is 66.9 Å². The summed E-state index contributed by atoms with van der Waals surface area (Å²) in [5, 5.41) is 7.02. The highest BCUT2D eigenvalue weighted by molar-refractivity contribution is 6.01. The fourth-order valence-electron chi connectivity index (χ4n) is 2.47. The van der Waals surface area contributed by atoms with Gasteiger partial charge in [-0.2, -0.15) is 0 Å². The lowest BCUT2D eigenvalue weighted by molar-refractivity contribution is -0.111. The average Bonchev–Trinajstić information content (AvgIpc) is 2.62. The molecule has 0 unspecified atom stereocenters. The summed E-state index contributed by atoms with van der Waals surface area (Å²) in [6.45, 7) is 5.54. The number of carbonyl (C=O) groups excluding carboxylic acids is 1. The Morgan fingerprint density at radius 1 is 1.17 bits per heavy atom. The predicted molar refractivity (Wildman–Crippen MR) is 96.8 cm³/mol. The molecule has 0 saturated heterocycles. The first-order valence-electron chi connectivity index (χ1n) is 7.67. The molecule has 24 heavy (non-hydrogen) atoms. The highest BCUT2D eigenvalue weighted by Gasteiger charge is 2.10. The molecular formula is C19H18N4O. The maximum Gasteiger partial charge on any atom is 0.247 e. The molecule has 1 heterocycles. The summed E-state index contributed by atoms with van der Waals surface area (Å²) in [5.41, 5.74) is 2.65. The smallest absolute Gasteiger partial charge is 0.247 e. The number of benzene rings is 2. The van der Waals surface area contributed by atoms with Crippen LogP contribution < -0.4 is 10.6 Å². The van der Waals surface area contributed by atoms with Crippen LogP contribution in [0.15, 0.2) is 67.5 Å². The van der Waals surface area contributed by atoms with Crippen molar-refractivity contribution in [3.63, 3.8) is 0 Å². The molecule has 1 amide bonds. The van der Waals surface area contributed by atoms with Gasteiger partial charge in [0, 0.05) is 17.1 Å². The highest BCUT2D eigenvalue weighted by atomic mass is 16.1. The predicted octanol–water partition coefficient (Wildman–Crippen LogP) is 3.93. The SMILES string of the molecule is C=CC(=O)Nc1ccc2ncnc(N[C@H](C)c3ccccc3)c2c1. The highest BCUT2D eigenvalue weighted by Crippen LogP contribution is 2.26. The van der Waals surface area contributed by atoms with Gasteiger partial charge in [-0.15, -0.1) is 0 Å². The normalized spacial score (nSPS) is 11.7. The number of hydrogen-bond acceptors (Lipinski definition) is 4. The Morgan fingerprint density at radius 3 is 2.71 bits per heavy atom. The molecule has 3 aromatic rings. The molecule has 0 aliphatic carbocycles. The van der Waals surface area contributed by atoms with E-state index >= 15 is 0 Å². The maximum absolute atomic E-state index is 11.5. The van der Waals surface area contributed by atoms with Crippen molar-refractivity contribution < 1.29 is 4.79 Å². The molecule has 3 rings (SSSR count). The Hall–Kier alpha value is -3.21. The van der Waals surface area contributed by atoms with Crippen LogP contribution in [0.4, 0.5) is 11.5 Å². The van der Waals surface area contributed by atoms with Crippen molar-refractivity contribution in [3.05, 3.63) is 73.1 Å². The van der Waals surface area contributed by atoms with Crippen LogP contribution in [0.1, 0.15) is 18.5 Å². The van der Waals surface area contributed by atoms with Crippen LogP contribution in [-0.4, -0.2) is 15.9 Å². The lowest BCUT2D eigenvalue weighted by Crippen LogP contribution is -2.09. The number of rotatable bonds is 5. The lowest BCUT2D eigenvalue weighted by Gasteiger charge is -2.16. The van der Waals surface area contributed by atoms with Gasteiger partial charge >= 0.3 is 0 Å². The molecule has 5 nitrogen and oxygen atoms in total.